The molecule has 1 N–H and O–H groups in total. The summed E-state index contributed by atoms with van der Waals surface area (Å²) in [5.41, 5.74) is -0.558. The van der Waals surface area contributed by atoms with Gasteiger partial charge < -0.3 is 10.0 Å². The third-order valence-corrected chi connectivity index (χ3v) is 4.35. The molecule has 0 aromatic heterocycles. The van der Waals surface area contributed by atoms with Gasteiger partial charge in [-0.1, -0.05) is 0 Å². The van der Waals surface area contributed by atoms with Gasteiger partial charge in [0.25, 0.3) is 5.91 Å². The quantitative estimate of drug-likeness (QED) is 0.852. The number of carbonyl (C=O) groups excluding carboxylic acids is 1. The molecule has 2 heterocycles. The van der Waals surface area contributed by atoms with Crippen molar-refractivity contribution in [3.05, 3.63) is 35.1 Å². The fraction of sp³-hybridized carbons (Fsp3) is 0.429. The van der Waals surface area contributed by atoms with Crippen LogP contribution in [0.5, 0.6) is 0 Å². The number of hydrogen-bond donors (Lipinski definition) is 1. The highest BCUT2D eigenvalue weighted by Crippen LogP contribution is 2.42. The number of fused-ring (bicyclic) bond motifs is 2. The molecule has 1 amide bonds. The smallest absolute Gasteiger partial charge is 0.308 e. The Hall–Kier alpha value is -2.05. The molecule has 112 valence electrons. The first-order valence-corrected chi connectivity index (χ1v) is 6.60. The van der Waals surface area contributed by atoms with E-state index in [0.29, 0.717) is 25.3 Å². The van der Waals surface area contributed by atoms with Crippen LogP contribution >= 0.6 is 0 Å². The van der Waals surface area contributed by atoms with Crippen molar-refractivity contribution in [2.75, 3.05) is 0 Å². The molecule has 4 nitrogen and oxygen atoms in total. The zero-order valence-corrected chi connectivity index (χ0v) is 10.9. The second-order valence-electron chi connectivity index (χ2n) is 5.41. The van der Waals surface area contributed by atoms with E-state index in [1.54, 1.807) is 0 Å². The highest BCUT2D eigenvalue weighted by atomic mass is 19.2. The highest BCUT2D eigenvalue weighted by Gasteiger charge is 2.51. The topological polar surface area (TPSA) is 57.6 Å². The first-order valence-electron chi connectivity index (χ1n) is 6.60. The van der Waals surface area contributed by atoms with Crippen LogP contribution in [-0.2, 0) is 4.79 Å². The standard InChI is InChI=1S/C14H12F3NO3/c15-9-3-2-7(11(16)12(9)17)13(19)18-6-1-4-10(18)8(5-6)14(20)21/h2-3,6,8,10H,1,4-5H2,(H,20,21). The normalized spacial score (nSPS) is 27.2. The number of benzene rings is 1. The lowest BCUT2D eigenvalue weighted by atomic mass is 9.89. The largest absolute Gasteiger partial charge is 0.481 e. The zero-order valence-electron chi connectivity index (χ0n) is 10.9. The number of halogens is 3. The van der Waals surface area contributed by atoms with E-state index in [1.807, 2.05) is 0 Å². The average Bonchev–Trinajstić information content (AvgIpc) is 3.02. The summed E-state index contributed by atoms with van der Waals surface area (Å²) >= 11 is 0. The van der Waals surface area contributed by atoms with Gasteiger partial charge in [0, 0.05) is 12.1 Å². The summed E-state index contributed by atoms with van der Waals surface area (Å²) in [6.07, 6.45) is 1.49. The molecule has 0 radical (unpaired) electrons. The maximum atomic E-state index is 13.7. The first kappa shape index (κ1) is 13.9. The van der Waals surface area contributed by atoms with Gasteiger partial charge in [0.1, 0.15) is 0 Å². The molecular formula is C14H12F3NO3. The fourth-order valence-electron chi connectivity index (χ4n) is 3.40. The van der Waals surface area contributed by atoms with E-state index in [4.69, 9.17) is 5.11 Å². The SMILES string of the molecule is O=C(O)C1CC2CCC1N2C(=O)c1ccc(F)c(F)c1F. The lowest BCUT2D eigenvalue weighted by Crippen LogP contribution is -2.38. The monoisotopic (exact) mass is 299 g/mol. The Balaban J connectivity index is 1.94. The predicted molar refractivity (Wildman–Crippen MR) is 65.0 cm³/mol. The Morgan fingerprint density at radius 3 is 2.48 bits per heavy atom. The van der Waals surface area contributed by atoms with E-state index in [0.717, 1.165) is 6.07 Å². The van der Waals surface area contributed by atoms with Gasteiger partial charge >= 0.3 is 5.97 Å². The van der Waals surface area contributed by atoms with Gasteiger partial charge in [-0.25, -0.2) is 13.2 Å². The molecule has 0 aliphatic carbocycles. The van der Waals surface area contributed by atoms with Gasteiger partial charge in [-0.2, -0.15) is 0 Å². The molecule has 2 bridgehead atoms. The number of rotatable bonds is 2. The second kappa shape index (κ2) is 4.75. The van der Waals surface area contributed by atoms with E-state index < -0.39 is 46.9 Å². The molecule has 1 aromatic rings. The fourth-order valence-corrected chi connectivity index (χ4v) is 3.40. The van der Waals surface area contributed by atoms with Crippen molar-refractivity contribution >= 4 is 11.9 Å². The van der Waals surface area contributed by atoms with Gasteiger partial charge in [0.15, 0.2) is 17.5 Å². The second-order valence-corrected chi connectivity index (χ2v) is 5.41. The number of amides is 1. The summed E-state index contributed by atoms with van der Waals surface area (Å²) in [4.78, 5) is 24.8. The van der Waals surface area contributed by atoms with Crippen LogP contribution in [0.3, 0.4) is 0 Å². The summed E-state index contributed by atoms with van der Waals surface area (Å²) in [5.74, 6) is -7.04. The third kappa shape index (κ3) is 1.99. The highest BCUT2D eigenvalue weighted by molar-refractivity contribution is 5.96. The Bertz CT molecular complexity index is 634. The molecule has 3 rings (SSSR count). The summed E-state index contributed by atoms with van der Waals surface area (Å²) in [5, 5.41) is 9.12. The minimum absolute atomic E-state index is 0.281. The number of carboxylic acid groups (broad SMARTS) is 1. The van der Waals surface area contributed by atoms with Gasteiger partial charge in [0.2, 0.25) is 0 Å². The molecule has 0 spiro atoms. The van der Waals surface area contributed by atoms with Crippen LogP contribution in [0.1, 0.15) is 29.6 Å². The lowest BCUT2D eigenvalue weighted by Gasteiger charge is -2.23. The van der Waals surface area contributed by atoms with Crippen molar-refractivity contribution in [3.63, 3.8) is 0 Å². The van der Waals surface area contributed by atoms with Crippen LogP contribution in [0.2, 0.25) is 0 Å². The Labute approximate surface area is 118 Å². The molecule has 3 atom stereocenters. The van der Waals surface area contributed by atoms with E-state index in [2.05, 4.69) is 0 Å². The average molecular weight is 299 g/mol. The molecule has 2 aliphatic rings. The van der Waals surface area contributed by atoms with E-state index in [-0.39, 0.29) is 6.04 Å². The molecular weight excluding hydrogens is 287 g/mol. The first-order chi connectivity index (χ1) is 9.91. The number of nitrogens with zero attached hydrogens (tertiary/aromatic N) is 1. The predicted octanol–water partition coefficient (Wildman–Crippen LogP) is 2.18. The van der Waals surface area contributed by atoms with Gasteiger partial charge in [-0.05, 0) is 31.4 Å². The van der Waals surface area contributed by atoms with E-state index in [9.17, 15) is 22.8 Å². The molecule has 2 saturated heterocycles. The maximum absolute atomic E-state index is 13.7. The minimum Gasteiger partial charge on any atom is -0.481 e. The van der Waals surface area contributed by atoms with Crippen LogP contribution < -0.4 is 0 Å². The van der Waals surface area contributed by atoms with Crippen molar-refractivity contribution in [2.45, 2.75) is 31.3 Å². The molecule has 0 saturated carbocycles. The van der Waals surface area contributed by atoms with Crippen LogP contribution in [0.25, 0.3) is 0 Å². The van der Waals surface area contributed by atoms with Crippen LogP contribution in [0, 0.1) is 23.4 Å². The molecule has 21 heavy (non-hydrogen) atoms. The van der Waals surface area contributed by atoms with Gasteiger partial charge in [0.05, 0.1) is 11.5 Å². The van der Waals surface area contributed by atoms with Crippen molar-refractivity contribution in [3.8, 4) is 0 Å². The number of aliphatic carboxylic acids is 1. The van der Waals surface area contributed by atoms with Crippen molar-refractivity contribution < 1.29 is 27.9 Å². The molecule has 2 aliphatic heterocycles. The molecule has 1 aromatic carbocycles. The summed E-state index contributed by atoms with van der Waals surface area (Å²) in [6, 6.07) is 0.797. The molecule has 7 heteroatoms. The molecule has 2 fully saturated rings. The minimum atomic E-state index is -1.69. The Kier molecular flexibility index (Phi) is 3.15. The lowest BCUT2D eigenvalue weighted by molar-refractivity contribution is -0.142. The van der Waals surface area contributed by atoms with E-state index in [1.165, 1.54) is 4.90 Å². The van der Waals surface area contributed by atoms with Crippen molar-refractivity contribution in [2.24, 2.45) is 5.92 Å². The van der Waals surface area contributed by atoms with E-state index >= 15 is 0 Å². The van der Waals surface area contributed by atoms with Crippen molar-refractivity contribution in [1.82, 2.24) is 4.90 Å². The molecule has 3 unspecified atom stereocenters. The van der Waals surface area contributed by atoms with Crippen molar-refractivity contribution in [1.29, 1.82) is 0 Å². The number of carbonyl (C=O) groups is 2. The van der Waals surface area contributed by atoms with Gasteiger partial charge in [-0.15, -0.1) is 0 Å². The van der Waals surface area contributed by atoms with Crippen LogP contribution in [0.15, 0.2) is 12.1 Å². The summed E-state index contributed by atoms with van der Waals surface area (Å²) in [6.45, 7) is 0. The summed E-state index contributed by atoms with van der Waals surface area (Å²) < 4.78 is 39.9. The van der Waals surface area contributed by atoms with Crippen LogP contribution in [-0.4, -0.2) is 34.0 Å². The summed E-state index contributed by atoms with van der Waals surface area (Å²) in [7, 11) is 0. The number of hydrogen-bond acceptors (Lipinski definition) is 2. The zero-order chi connectivity index (χ0) is 15.3. The van der Waals surface area contributed by atoms with Crippen LogP contribution in [0.4, 0.5) is 13.2 Å². The Morgan fingerprint density at radius 1 is 1.14 bits per heavy atom. The third-order valence-electron chi connectivity index (χ3n) is 4.35. The Morgan fingerprint density at radius 2 is 1.86 bits per heavy atom. The van der Waals surface area contributed by atoms with Gasteiger partial charge in [-0.3, -0.25) is 9.59 Å². The maximum Gasteiger partial charge on any atom is 0.308 e. The number of carboxylic acids is 1.